The molecule has 0 bridgehead atoms. The molecule has 0 saturated carbocycles. The van der Waals surface area contributed by atoms with E-state index in [0.29, 0.717) is 17.5 Å². The Bertz CT molecular complexity index is 2820. The van der Waals surface area contributed by atoms with Crippen LogP contribution >= 0.6 is 10.0 Å². The van der Waals surface area contributed by atoms with E-state index in [1.165, 1.54) is 53.0 Å². The third-order valence-corrected chi connectivity index (χ3v) is 14.9. The van der Waals surface area contributed by atoms with Crippen LogP contribution in [0.5, 0.6) is 0 Å². The minimum Gasteiger partial charge on any atom is -0.208 e. The predicted molar refractivity (Wildman–Crippen MR) is 235 cm³/mol. The summed E-state index contributed by atoms with van der Waals surface area (Å²) in [5.41, 5.74) is 12.6. The van der Waals surface area contributed by atoms with E-state index >= 15 is 0 Å². The van der Waals surface area contributed by atoms with Gasteiger partial charge in [-0.1, -0.05) is 175 Å². The zero-order valence-corrected chi connectivity index (χ0v) is 32.6. The van der Waals surface area contributed by atoms with E-state index in [-0.39, 0.29) is 0 Å². The van der Waals surface area contributed by atoms with E-state index in [2.05, 4.69) is 178 Å². The summed E-state index contributed by atoms with van der Waals surface area (Å²) in [6.45, 7) is 4.33. The van der Waals surface area contributed by atoms with Gasteiger partial charge in [-0.3, -0.25) is 0 Å². The van der Waals surface area contributed by atoms with Gasteiger partial charge in [0.05, 0.1) is 0 Å². The average molecular weight is 750 g/mol. The first kappa shape index (κ1) is 34.6. The summed E-state index contributed by atoms with van der Waals surface area (Å²) < 4.78 is 0. The number of rotatable bonds is 7. The van der Waals surface area contributed by atoms with Crippen LogP contribution in [0.15, 0.2) is 220 Å². The van der Waals surface area contributed by atoms with Gasteiger partial charge in [0.2, 0.25) is 0 Å². The van der Waals surface area contributed by atoms with Crippen molar-refractivity contribution in [3.8, 4) is 67.5 Å². The van der Waals surface area contributed by atoms with Crippen LogP contribution in [-0.4, -0.2) is 15.0 Å². The summed E-state index contributed by atoms with van der Waals surface area (Å²) in [5, 5.41) is 0. The van der Waals surface area contributed by atoms with Crippen molar-refractivity contribution in [2.45, 2.75) is 33.4 Å². The molecule has 0 fully saturated rings. The Hall–Kier alpha value is -6.88. The maximum Gasteiger partial charge on any atom is 0.164 e. The molecule has 3 nitrogen and oxygen atoms in total. The Balaban J connectivity index is 1.07. The van der Waals surface area contributed by atoms with Crippen LogP contribution < -0.4 is 0 Å². The molecular weight excluding hydrogens is 711 g/mol. The molecule has 0 aliphatic carbocycles. The predicted octanol–water partition coefficient (Wildman–Crippen LogP) is 14.1. The highest BCUT2D eigenvalue weighted by Gasteiger charge is 2.42. The highest BCUT2D eigenvalue weighted by Crippen LogP contribution is 2.80. The van der Waals surface area contributed by atoms with Crippen LogP contribution in [0.1, 0.15) is 11.1 Å². The normalized spacial score (nSPS) is 13.1. The van der Waals surface area contributed by atoms with Crippen LogP contribution in [0, 0.1) is 13.8 Å². The number of fused-ring (bicyclic) bond motifs is 3. The van der Waals surface area contributed by atoms with E-state index in [4.69, 9.17) is 15.0 Å². The highest BCUT2D eigenvalue weighted by molar-refractivity contribution is 8.34. The third kappa shape index (κ3) is 6.15. The second-order valence-corrected chi connectivity index (χ2v) is 17.7. The summed E-state index contributed by atoms with van der Waals surface area (Å²) >= 11 is 0. The first-order chi connectivity index (χ1) is 28.0. The average Bonchev–Trinajstić information content (AvgIpc) is 3.58. The quantitative estimate of drug-likeness (QED) is 0.163. The number of hydrogen-bond donors (Lipinski definition) is 0. The molecule has 1 aliphatic rings. The molecule has 1 aliphatic heterocycles. The summed E-state index contributed by atoms with van der Waals surface area (Å²) in [7, 11) is -1.76. The molecule has 0 N–H and O–H groups in total. The van der Waals surface area contributed by atoms with Crippen LogP contribution in [0.4, 0.5) is 0 Å². The molecular formula is C53H39N3S. The van der Waals surface area contributed by atoms with Crippen molar-refractivity contribution in [1.29, 1.82) is 0 Å². The van der Waals surface area contributed by atoms with Gasteiger partial charge in [0, 0.05) is 36.3 Å². The standard InChI is InChI=1S/C53H39N3S/c1-36-17-30-45(31-18-36)57(46-32-19-37(2)20-33-46)49-16-10-9-15-47(49)48-34-29-44(35-50(48)57)40-23-27-43(28-24-40)53-55-51(41-13-7-4-8-14-41)54-52(56-53)42-25-21-39(22-26-42)38-11-5-3-6-12-38/h3-35H,1-2H3. The molecule has 9 aromatic rings. The van der Waals surface area contributed by atoms with Crippen molar-refractivity contribution in [2.75, 3.05) is 0 Å². The summed E-state index contributed by atoms with van der Waals surface area (Å²) in [5.74, 6) is 1.94. The molecule has 8 aromatic carbocycles. The third-order valence-electron chi connectivity index (χ3n) is 11.0. The lowest BCUT2D eigenvalue weighted by molar-refractivity contribution is 1.07. The maximum absolute atomic E-state index is 5.05. The largest absolute Gasteiger partial charge is 0.208 e. The topological polar surface area (TPSA) is 38.7 Å². The first-order valence-electron chi connectivity index (χ1n) is 19.3. The summed E-state index contributed by atoms with van der Waals surface area (Å²) in [6.07, 6.45) is 0. The van der Waals surface area contributed by atoms with Gasteiger partial charge in [-0.15, -0.1) is 10.0 Å². The maximum atomic E-state index is 5.05. The second-order valence-electron chi connectivity index (χ2n) is 14.6. The fourth-order valence-corrected chi connectivity index (χ4v) is 12.2. The fraction of sp³-hybridized carbons (Fsp3) is 0.0377. The highest BCUT2D eigenvalue weighted by atomic mass is 32.3. The Morgan fingerprint density at radius 2 is 0.667 bits per heavy atom. The lowest BCUT2D eigenvalue weighted by atomic mass is 9.99. The van der Waals surface area contributed by atoms with Crippen molar-refractivity contribution < 1.29 is 0 Å². The molecule has 4 heteroatoms. The van der Waals surface area contributed by atoms with Gasteiger partial charge in [0.25, 0.3) is 0 Å². The number of aromatic nitrogens is 3. The Morgan fingerprint density at radius 3 is 1.19 bits per heavy atom. The van der Waals surface area contributed by atoms with E-state index in [1.54, 1.807) is 0 Å². The van der Waals surface area contributed by atoms with E-state index in [9.17, 15) is 0 Å². The molecule has 10 rings (SSSR count). The zero-order chi connectivity index (χ0) is 38.3. The Labute approximate surface area is 335 Å². The monoisotopic (exact) mass is 749 g/mol. The minimum absolute atomic E-state index is 0.643. The van der Waals surface area contributed by atoms with Crippen molar-refractivity contribution >= 4 is 10.0 Å². The van der Waals surface area contributed by atoms with Gasteiger partial charge in [-0.25, -0.2) is 15.0 Å². The van der Waals surface area contributed by atoms with Gasteiger partial charge < -0.3 is 0 Å². The Morgan fingerprint density at radius 1 is 0.298 bits per heavy atom. The fourth-order valence-electron chi connectivity index (χ4n) is 7.99. The van der Waals surface area contributed by atoms with Crippen molar-refractivity contribution in [2.24, 2.45) is 0 Å². The van der Waals surface area contributed by atoms with Crippen LogP contribution in [0.2, 0.25) is 0 Å². The second kappa shape index (κ2) is 14.3. The molecule has 1 aromatic heterocycles. The smallest absolute Gasteiger partial charge is 0.164 e. The number of aryl methyl sites for hydroxylation is 2. The molecule has 0 amide bonds. The van der Waals surface area contributed by atoms with Gasteiger partial charge >= 0.3 is 0 Å². The molecule has 272 valence electrons. The van der Waals surface area contributed by atoms with E-state index in [0.717, 1.165) is 27.8 Å². The van der Waals surface area contributed by atoms with Gasteiger partial charge in [0.1, 0.15) is 0 Å². The van der Waals surface area contributed by atoms with E-state index < -0.39 is 10.0 Å². The van der Waals surface area contributed by atoms with Crippen molar-refractivity contribution in [1.82, 2.24) is 15.0 Å². The lowest BCUT2D eigenvalue weighted by Crippen LogP contribution is -2.02. The summed E-state index contributed by atoms with van der Waals surface area (Å²) in [4.78, 5) is 20.5. The number of benzene rings is 8. The molecule has 0 atom stereocenters. The van der Waals surface area contributed by atoms with E-state index in [1.807, 2.05) is 36.4 Å². The Kier molecular flexibility index (Phi) is 8.69. The van der Waals surface area contributed by atoms with Crippen LogP contribution in [0.3, 0.4) is 0 Å². The molecule has 0 saturated heterocycles. The first-order valence-corrected chi connectivity index (χ1v) is 21.0. The van der Waals surface area contributed by atoms with Crippen molar-refractivity contribution in [3.63, 3.8) is 0 Å². The number of nitrogens with zero attached hydrogens (tertiary/aromatic N) is 3. The van der Waals surface area contributed by atoms with Crippen molar-refractivity contribution in [3.05, 3.63) is 211 Å². The number of hydrogen-bond acceptors (Lipinski definition) is 3. The molecule has 0 unspecified atom stereocenters. The SMILES string of the molecule is Cc1ccc(S2(c3ccc(C)cc3)c3ccccc3-c3ccc(-c4ccc(-c5nc(-c6ccccc6)nc(-c6ccc(-c7ccccc7)cc6)n5)cc4)cc32)cc1. The molecule has 2 heterocycles. The van der Waals surface area contributed by atoms with Gasteiger partial charge in [-0.2, -0.15) is 0 Å². The van der Waals surface area contributed by atoms with Crippen LogP contribution in [0.25, 0.3) is 67.5 Å². The molecule has 57 heavy (non-hydrogen) atoms. The van der Waals surface area contributed by atoms with Gasteiger partial charge in [0.15, 0.2) is 17.5 Å². The summed E-state index contributed by atoms with van der Waals surface area (Å²) in [6, 6.07) is 72.2. The zero-order valence-electron chi connectivity index (χ0n) is 31.8. The lowest BCUT2D eigenvalue weighted by Gasteiger charge is -2.39. The van der Waals surface area contributed by atoms with Gasteiger partial charge in [-0.05, 0) is 83.6 Å². The molecule has 0 spiro atoms. The minimum atomic E-state index is -1.76. The molecule has 0 radical (unpaired) electrons. The van der Waals surface area contributed by atoms with Crippen LogP contribution in [-0.2, 0) is 0 Å².